The molecule has 2 aromatic carbocycles. The molecule has 0 saturated carbocycles. The lowest BCUT2D eigenvalue weighted by atomic mass is 10.0. The van der Waals surface area contributed by atoms with Crippen LogP contribution in [0.15, 0.2) is 54.6 Å². The van der Waals surface area contributed by atoms with E-state index in [0.717, 1.165) is 17.5 Å². The molecule has 0 aromatic heterocycles. The monoisotopic (exact) mass is 298 g/mol. The average Bonchev–Trinajstić information content (AvgIpc) is 2.53. The molecule has 0 aliphatic rings. The summed E-state index contributed by atoms with van der Waals surface area (Å²) < 4.78 is 5.54. The Kier molecular flexibility index (Phi) is 5.54. The van der Waals surface area contributed by atoms with Crippen molar-refractivity contribution in [1.29, 1.82) is 0 Å². The van der Waals surface area contributed by atoms with Crippen molar-refractivity contribution < 1.29 is 14.3 Å². The fourth-order valence-corrected chi connectivity index (χ4v) is 1.99. The van der Waals surface area contributed by atoms with Gasteiger partial charge in [-0.3, -0.25) is 9.59 Å². The molecule has 0 fully saturated rings. The van der Waals surface area contributed by atoms with Gasteiger partial charge in [0.15, 0.2) is 6.61 Å². The molecule has 5 nitrogen and oxygen atoms in total. The first-order valence-electron chi connectivity index (χ1n) is 6.95. The Bertz CT molecular complexity index is 641. The predicted octanol–water partition coefficient (Wildman–Crippen LogP) is 1.26. The fraction of sp³-hybridized carbons (Fsp3) is 0.176. The molecule has 3 N–H and O–H groups in total. The number of carbonyl (C=O) groups is 2. The first-order chi connectivity index (χ1) is 10.6. The van der Waals surface area contributed by atoms with Gasteiger partial charge < -0.3 is 15.8 Å². The zero-order valence-electron chi connectivity index (χ0n) is 12.1. The number of hydrogen-bond acceptors (Lipinski definition) is 3. The van der Waals surface area contributed by atoms with Gasteiger partial charge in [0.05, 0.1) is 6.54 Å². The third kappa shape index (κ3) is 4.94. The van der Waals surface area contributed by atoms with E-state index in [1.807, 2.05) is 54.6 Å². The van der Waals surface area contributed by atoms with Crippen LogP contribution in [0.5, 0.6) is 5.75 Å². The second-order valence-electron chi connectivity index (χ2n) is 4.80. The van der Waals surface area contributed by atoms with E-state index in [9.17, 15) is 9.59 Å². The summed E-state index contributed by atoms with van der Waals surface area (Å²) in [6, 6.07) is 17.6. The smallest absolute Gasteiger partial charge is 0.258 e. The van der Waals surface area contributed by atoms with Crippen molar-refractivity contribution in [3.8, 4) is 5.75 Å². The maximum absolute atomic E-state index is 11.5. The molecule has 5 heteroatoms. The lowest BCUT2D eigenvalue weighted by Crippen LogP contribution is -2.36. The molecule has 0 aliphatic carbocycles. The number of nitrogens with two attached hydrogens (primary N) is 1. The number of benzene rings is 2. The summed E-state index contributed by atoms with van der Waals surface area (Å²) in [4.78, 5) is 22.1. The van der Waals surface area contributed by atoms with E-state index < -0.39 is 5.91 Å². The lowest BCUT2D eigenvalue weighted by molar-refractivity contribution is -0.126. The van der Waals surface area contributed by atoms with Crippen LogP contribution in [0.4, 0.5) is 0 Å². The summed E-state index contributed by atoms with van der Waals surface area (Å²) in [5.74, 6) is -0.313. The van der Waals surface area contributed by atoms with Crippen molar-refractivity contribution in [1.82, 2.24) is 5.32 Å². The van der Waals surface area contributed by atoms with Gasteiger partial charge in [-0.25, -0.2) is 0 Å². The highest BCUT2D eigenvalue weighted by Crippen LogP contribution is 2.21. The number of nitrogens with one attached hydrogen (secondary N) is 1. The molecule has 0 atom stereocenters. The predicted molar refractivity (Wildman–Crippen MR) is 83.4 cm³/mol. The number of para-hydroxylation sites is 1. The van der Waals surface area contributed by atoms with Gasteiger partial charge in [0.25, 0.3) is 5.91 Å². The summed E-state index contributed by atoms with van der Waals surface area (Å²) in [6.07, 6.45) is 0.722. The molecular weight excluding hydrogens is 280 g/mol. The molecule has 0 bridgehead atoms. The summed E-state index contributed by atoms with van der Waals surface area (Å²) in [6.45, 7) is -0.340. The second-order valence-corrected chi connectivity index (χ2v) is 4.80. The van der Waals surface area contributed by atoms with E-state index in [-0.39, 0.29) is 19.1 Å². The minimum absolute atomic E-state index is 0.154. The standard InChI is InChI=1S/C17H18N2O3/c18-16(20)11-19-17(21)12-22-15-9-5-4-8-14(15)10-13-6-2-1-3-7-13/h1-9H,10-12H2,(H2,18,20)(H,19,21). The summed E-state index contributed by atoms with van der Waals surface area (Å²) in [5, 5.41) is 2.38. The highest BCUT2D eigenvalue weighted by Gasteiger charge is 2.07. The van der Waals surface area contributed by atoms with E-state index in [2.05, 4.69) is 5.32 Å². The zero-order chi connectivity index (χ0) is 15.8. The van der Waals surface area contributed by atoms with Gasteiger partial charge >= 0.3 is 0 Å². The second kappa shape index (κ2) is 7.83. The van der Waals surface area contributed by atoms with Gasteiger partial charge in [-0.1, -0.05) is 48.5 Å². The third-order valence-corrected chi connectivity index (χ3v) is 3.03. The normalized spacial score (nSPS) is 10.0. The number of hydrogen-bond donors (Lipinski definition) is 2. The Hall–Kier alpha value is -2.82. The number of carbonyl (C=O) groups excluding carboxylic acids is 2. The minimum Gasteiger partial charge on any atom is -0.483 e. The highest BCUT2D eigenvalue weighted by molar-refractivity contribution is 5.84. The Balaban J connectivity index is 1.96. The third-order valence-electron chi connectivity index (χ3n) is 3.03. The first kappa shape index (κ1) is 15.6. The first-order valence-corrected chi connectivity index (χ1v) is 6.95. The maximum Gasteiger partial charge on any atom is 0.258 e. The molecular formula is C17H18N2O3. The lowest BCUT2D eigenvalue weighted by Gasteiger charge is -2.11. The Labute approximate surface area is 129 Å². The average molecular weight is 298 g/mol. The van der Waals surface area contributed by atoms with Crippen LogP contribution < -0.4 is 15.8 Å². The molecule has 0 unspecified atom stereocenters. The SMILES string of the molecule is NC(=O)CNC(=O)COc1ccccc1Cc1ccccc1. The Morgan fingerprint density at radius 2 is 1.68 bits per heavy atom. The fourth-order valence-electron chi connectivity index (χ4n) is 1.99. The number of ether oxygens (including phenoxy) is 1. The van der Waals surface area contributed by atoms with Gasteiger partial charge in [0.1, 0.15) is 5.75 Å². The maximum atomic E-state index is 11.5. The molecule has 0 aliphatic heterocycles. The summed E-state index contributed by atoms with van der Waals surface area (Å²) in [7, 11) is 0. The summed E-state index contributed by atoms with van der Waals surface area (Å²) in [5.41, 5.74) is 7.12. The van der Waals surface area contributed by atoms with Gasteiger partial charge in [-0.2, -0.15) is 0 Å². The number of rotatable bonds is 7. The molecule has 0 radical (unpaired) electrons. The van der Waals surface area contributed by atoms with Crippen molar-refractivity contribution in [2.45, 2.75) is 6.42 Å². The van der Waals surface area contributed by atoms with Crippen LogP contribution in [-0.2, 0) is 16.0 Å². The van der Waals surface area contributed by atoms with E-state index in [0.29, 0.717) is 5.75 Å². The minimum atomic E-state index is -0.585. The van der Waals surface area contributed by atoms with Crippen molar-refractivity contribution >= 4 is 11.8 Å². The Morgan fingerprint density at radius 3 is 2.41 bits per heavy atom. The van der Waals surface area contributed by atoms with Crippen LogP contribution >= 0.6 is 0 Å². The van der Waals surface area contributed by atoms with Gasteiger partial charge in [-0.15, -0.1) is 0 Å². The van der Waals surface area contributed by atoms with Crippen LogP contribution in [0.2, 0.25) is 0 Å². The number of amides is 2. The molecule has 0 spiro atoms. The van der Waals surface area contributed by atoms with Crippen molar-refractivity contribution in [2.24, 2.45) is 5.73 Å². The topological polar surface area (TPSA) is 81.4 Å². The van der Waals surface area contributed by atoms with Crippen molar-refractivity contribution in [3.05, 3.63) is 65.7 Å². The largest absolute Gasteiger partial charge is 0.483 e. The van der Waals surface area contributed by atoms with Crippen LogP contribution in [0.25, 0.3) is 0 Å². The summed E-state index contributed by atoms with van der Waals surface area (Å²) >= 11 is 0. The van der Waals surface area contributed by atoms with Gasteiger partial charge in [-0.05, 0) is 17.2 Å². The van der Waals surface area contributed by atoms with E-state index in [1.165, 1.54) is 0 Å². The van der Waals surface area contributed by atoms with Crippen LogP contribution in [0.1, 0.15) is 11.1 Å². The van der Waals surface area contributed by atoms with Crippen LogP contribution in [0.3, 0.4) is 0 Å². The zero-order valence-corrected chi connectivity index (χ0v) is 12.1. The van der Waals surface area contributed by atoms with Gasteiger partial charge in [0.2, 0.25) is 5.91 Å². The molecule has 2 aromatic rings. The van der Waals surface area contributed by atoms with E-state index in [4.69, 9.17) is 10.5 Å². The molecule has 22 heavy (non-hydrogen) atoms. The molecule has 2 rings (SSSR count). The molecule has 0 heterocycles. The van der Waals surface area contributed by atoms with Crippen molar-refractivity contribution in [2.75, 3.05) is 13.2 Å². The van der Waals surface area contributed by atoms with Crippen molar-refractivity contribution in [3.63, 3.8) is 0 Å². The van der Waals surface area contributed by atoms with Crippen LogP contribution in [0, 0.1) is 0 Å². The van der Waals surface area contributed by atoms with Gasteiger partial charge in [0, 0.05) is 6.42 Å². The number of primary amides is 1. The molecule has 0 saturated heterocycles. The Morgan fingerprint density at radius 1 is 1.00 bits per heavy atom. The quantitative estimate of drug-likeness (QED) is 0.807. The van der Waals surface area contributed by atoms with E-state index >= 15 is 0 Å². The molecule has 114 valence electrons. The highest BCUT2D eigenvalue weighted by atomic mass is 16.5. The van der Waals surface area contributed by atoms with Crippen LogP contribution in [-0.4, -0.2) is 25.0 Å². The van der Waals surface area contributed by atoms with E-state index in [1.54, 1.807) is 0 Å². The molecule has 2 amide bonds.